The lowest BCUT2D eigenvalue weighted by Crippen LogP contribution is -2.24. The lowest BCUT2D eigenvalue weighted by molar-refractivity contribution is 0.423. The van der Waals surface area contributed by atoms with Crippen LogP contribution in [0.3, 0.4) is 0 Å². The Kier molecular flexibility index (Phi) is 5.66. The van der Waals surface area contributed by atoms with Crippen LogP contribution in [0.25, 0.3) is 50.0 Å². The molecule has 1 aliphatic heterocycles. The summed E-state index contributed by atoms with van der Waals surface area (Å²) in [5.41, 5.74) is 7.21. The zero-order chi connectivity index (χ0) is 31.0. The number of imidazole rings is 1. The fourth-order valence-corrected chi connectivity index (χ4v) is 7.02. The van der Waals surface area contributed by atoms with E-state index in [9.17, 15) is 0 Å². The van der Waals surface area contributed by atoms with Crippen LogP contribution in [0.1, 0.15) is 25.0 Å². The summed E-state index contributed by atoms with van der Waals surface area (Å²) in [5.74, 6) is 4.99. The molecule has 0 N–H and O–H groups in total. The van der Waals surface area contributed by atoms with Crippen molar-refractivity contribution in [3.8, 4) is 40.2 Å². The van der Waals surface area contributed by atoms with E-state index in [1.807, 2.05) is 80.0 Å². The highest BCUT2D eigenvalue weighted by atomic mass is 16.5. The summed E-state index contributed by atoms with van der Waals surface area (Å²) in [5, 5.41) is 2.14. The van der Waals surface area contributed by atoms with E-state index in [0.717, 1.165) is 78.6 Å². The maximum Gasteiger partial charge on any atom is 0.141 e. The van der Waals surface area contributed by atoms with Gasteiger partial charge in [-0.3, -0.25) is 4.57 Å². The largest absolute Gasteiger partial charge is 0.457 e. The minimum absolute atomic E-state index is 0.217. The summed E-state index contributed by atoms with van der Waals surface area (Å²) < 4.78 is 17.6. The van der Waals surface area contributed by atoms with E-state index in [4.69, 9.17) is 19.4 Å². The lowest BCUT2D eigenvalue weighted by Gasteiger charge is -2.34. The highest BCUT2D eigenvalue weighted by Crippen LogP contribution is 2.52. The SMILES string of the molecule is Cn1c(-c2cccc(Oc3ccc4c5c6c(ccc5n(-c5ccccn5)c4c3)C(C)(C)c3ccccc3O6)c2)nc2ccccc21. The Hall–Kier alpha value is -5.88. The van der Waals surface area contributed by atoms with Gasteiger partial charge in [-0.15, -0.1) is 0 Å². The monoisotopic (exact) mass is 598 g/mol. The molecule has 0 bridgehead atoms. The fraction of sp³-hybridized carbons (Fsp3) is 0.100. The first-order valence-corrected chi connectivity index (χ1v) is 15.5. The summed E-state index contributed by atoms with van der Waals surface area (Å²) in [6, 6.07) is 41.3. The number of aromatic nitrogens is 4. The van der Waals surface area contributed by atoms with Crippen molar-refractivity contribution in [2.45, 2.75) is 19.3 Å². The molecule has 0 unspecified atom stereocenters. The smallest absolute Gasteiger partial charge is 0.141 e. The Bertz CT molecular complexity index is 2470. The first-order chi connectivity index (χ1) is 22.5. The molecular formula is C40H30N4O2. The van der Waals surface area contributed by atoms with Crippen LogP contribution in [0.15, 0.2) is 128 Å². The molecule has 4 heterocycles. The molecule has 1 aliphatic rings. The number of para-hydroxylation sites is 3. The van der Waals surface area contributed by atoms with Gasteiger partial charge in [0.1, 0.15) is 34.6 Å². The van der Waals surface area contributed by atoms with Gasteiger partial charge in [-0.05, 0) is 60.7 Å². The molecule has 222 valence electrons. The molecule has 0 amide bonds. The molecule has 8 aromatic rings. The van der Waals surface area contributed by atoms with Crippen LogP contribution < -0.4 is 9.47 Å². The molecule has 0 atom stereocenters. The maximum absolute atomic E-state index is 6.72. The van der Waals surface area contributed by atoms with Gasteiger partial charge in [-0.1, -0.05) is 68.4 Å². The second-order valence-electron chi connectivity index (χ2n) is 12.4. The molecule has 46 heavy (non-hydrogen) atoms. The van der Waals surface area contributed by atoms with Crippen molar-refractivity contribution in [1.29, 1.82) is 0 Å². The molecule has 0 fully saturated rings. The Morgan fingerprint density at radius 1 is 0.696 bits per heavy atom. The Morgan fingerprint density at radius 2 is 1.52 bits per heavy atom. The summed E-state index contributed by atoms with van der Waals surface area (Å²) in [6.07, 6.45) is 1.83. The number of nitrogens with zero attached hydrogens (tertiary/aromatic N) is 4. The van der Waals surface area contributed by atoms with Crippen molar-refractivity contribution in [2.24, 2.45) is 7.05 Å². The average Bonchev–Trinajstić information content (AvgIpc) is 3.60. The van der Waals surface area contributed by atoms with Crippen LogP contribution in [0, 0.1) is 0 Å². The Labute approximate surface area is 266 Å². The third kappa shape index (κ3) is 3.90. The minimum Gasteiger partial charge on any atom is -0.457 e. The first-order valence-electron chi connectivity index (χ1n) is 15.5. The summed E-state index contributed by atoms with van der Waals surface area (Å²) in [7, 11) is 2.05. The molecule has 0 saturated heterocycles. The van der Waals surface area contributed by atoms with E-state index in [2.05, 4.69) is 77.6 Å². The van der Waals surface area contributed by atoms with E-state index in [0.29, 0.717) is 0 Å². The number of aryl methyl sites for hydroxylation is 1. The van der Waals surface area contributed by atoms with Gasteiger partial charge in [0.25, 0.3) is 0 Å². The first kappa shape index (κ1) is 26.5. The van der Waals surface area contributed by atoms with Crippen molar-refractivity contribution >= 4 is 32.8 Å². The van der Waals surface area contributed by atoms with E-state index < -0.39 is 0 Å². The normalized spacial score (nSPS) is 13.5. The van der Waals surface area contributed by atoms with Crippen LogP contribution >= 0.6 is 0 Å². The van der Waals surface area contributed by atoms with Gasteiger partial charge in [0.15, 0.2) is 0 Å². The Balaban J connectivity index is 1.20. The van der Waals surface area contributed by atoms with Gasteiger partial charge < -0.3 is 14.0 Å². The van der Waals surface area contributed by atoms with Crippen molar-refractivity contribution < 1.29 is 9.47 Å². The van der Waals surface area contributed by atoms with Crippen molar-refractivity contribution in [2.75, 3.05) is 0 Å². The average molecular weight is 599 g/mol. The lowest BCUT2D eigenvalue weighted by atomic mass is 9.75. The van der Waals surface area contributed by atoms with Gasteiger partial charge in [-0.2, -0.15) is 0 Å². The van der Waals surface area contributed by atoms with Gasteiger partial charge in [0, 0.05) is 46.8 Å². The summed E-state index contributed by atoms with van der Waals surface area (Å²) in [4.78, 5) is 9.64. The van der Waals surface area contributed by atoms with Gasteiger partial charge in [-0.25, -0.2) is 9.97 Å². The van der Waals surface area contributed by atoms with Crippen LogP contribution in [-0.2, 0) is 12.5 Å². The van der Waals surface area contributed by atoms with Crippen LogP contribution in [0.5, 0.6) is 23.0 Å². The number of hydrogen-bond donors (Lipinski definition) is 0. The number of fused-ring (bicyclic) bond motifs is 7. The second-order valence-corrected chi connectivity index (χ2v) is 12.4. The minimum atomic E-state index is -0.217. The molecule has 3 aromatic heterocycles. The van der Waals surface area contributed by atoms with E-state index >= 15 is 0 Å². The quantitative estimate of drug-likeness (QED) is 0.202. The van der Waals surface area contributed by atoms with E-state index in [1.54, 1.807) is 0 Å². The number of pyridine rings is 1. The topological polar surface area (TPSA) is 54.1 Å². The van der Waals surface area contributed by atoms with Gasteiger partial charge in [0.2, 0.25) is 0 Å². The van der Waals surface area contributed by atoms with Gasteiger partial charge in [0.05, 0.1) is 27.5 Å². The molecule has 5 aromatic carbocycles. The molecule has 0 aliphatic carbocycles. The predicted molar refractivity (Wildman–Crippen MR) is 183 cm³/mol. The molecular weight excluding hydrogens is 568 g/mol. The van der Waals surface area contributed by atoms with Crippen LogP contribution in [0.2, 0.25) is 0 Å². The fourth-order valence-electron chi connectivity index (χ4n) is 7.02. The highest BCUT2D eigenvalue weighted by molar-refractivity contribution is 6.13. The molecule has 0 radical (unpaired) electrons. The maximum atomic E-state index is 6.72. The number of benzene rings is 5. The third-order valence-electron chi connectivity index (χ3n) is 9.30. The number of hydrogen-bond acceptors (Lipinski definition) is 4. The summed E-state index contributed by atoms with van der Waals surface area (Å²) in [6.45, 7) is 4.54. The van der Waals surface area contributed by atoms with E-state index in [-0.39, 0.29) is 5.41 Å². The predicted octanol–water partition coefficient (Wildman–Crippen LogP) is 9.96. The van der Waals surface area contributed by atoms with Crippen LogP contribution in [0.4, 0.5) is 0 Å². The molecule has 6 nitrogen and oxygen atoms in total. The molecule has 6 heteroatoms. The number of ether oxygens (including phenoxy) is 2. The zero-order valence-electron chi connectivity index (χ0n) is 25.7. The Morgan fingerprint density at radius 3 is 2.39 bits per heavy atom. The highest BCUT2D eigenvalue weighted by Gasteiger charge is 2.36. The van der Waals surface area contributed by atoms with Crippen molar-refractivity contribution in [3.63, 3.8) is 0 Å². The molecule has 0 spiro atoms. The third-order valence-corrected chi connectivity index (χ3v) is 9.30. The molecule has 0 saturated carbocycles. The summed E-state index contributed by atoms with van der Waals surface area (Å²) >= 11 is 0. The van der Waals surface area contributed by atoms with Gasteiger partial charge >= 0.3 is 0 Å². The number of rotatable bonds is 4. The second kappa shape index (κ2) is 9.81. The standard InChI is InChI=1S/C40H30N4O2/c1-40(2)29-13-4-7-16-35(29)46-38-30(40)20-21-33-37(38)28-19-18-27(24-34(28)44(33)36-17-8-9-22-41-36)45-26-12-10-11-25(23-26)39-42-31-14-5-6-15-32(31)43(39)3/h4-24H,1-3H3. The van der Waals surface area contributed by atoms with Crippen molar-refractivity contribution in [3.05, 3.63) is 139 Å². The van der Waals surface area contributed by atoms with E-state index in [1.165, 1.54) is 5.56 Å². The van der Waals surface area contributed by atoms with Crippen LogP contribution in [-0.4, -0.2) is 19.1 Å². The zero-order valence-corrected chi connectivity index (χ0v) is 25.7. The molecule has 9 rings (SSSR count). The van der Waals surface area contributed by atoms with Crippen molar-refractivity contribution in [1.82, 2.24) is 19.1 Å².